The summed E-state index contributed by atoms with van der Waals surface area (Å²) in [6, 6.07) is 12.3. The number of ketones is 1. The van der Waals surface area contributed by atoms with E-state index in [1.54, 1.807) is 24.3 Å². The summed E-state index contributed by atoms with van der Waals surface area (Å²) in [5, 5.41) is 9.93. The molecule has 0 saturated carbocycles. The molecule has 0 aliphatic heterocycles. The number of nitrogens with two attached hydrogens (primary N) is 1. The molecule has 0 saturated heterocycles. The summed E-state index contributed by atoms with van der Waals surface area (Å²) >= 11 is 0. The van der Waals surface area contributed by atoms with Crippen molar-refractivity contribution in [2.24, 2.45) is 5.73 Å². The Morgan fingerprint density at radius 1 is 1.03 bits per heavy atom. The molecule has 1 heterocycles. The van der Waals surface area contributed by atoms with Crippen LogP contribution in [0.2, 0.25) is 0 Å². The second kappa shape index (κ2) is 8.38. The lowest BCUT2D eigenvalue weighted by Crippen LogP contribution is -2.22. The highest BCUT2D eigenvalue weighted by Gasteiger charge is 2.30. The lowest BCUT2D eigenvalue weighted by atomic mass is 10.1. The van der Waals surface area contributed by atoms with E-state index >= 15 is 0 Å². The van der Waals surface area contributed by atoms with Gasteiger partial charge in [-0.3, -0.25) is 4.79 Å². The summed E-state index contributed by atoms with van der Waals surface area (Å²) in [5.74, 6) is 0.387. The molecule has 0 spiro atoms. The molecule has 6 nitrogen and oxygen atoms in total. The van der Waals surface area contributed by atoms with Gasteiger partial charge in [-0.25, -0.2) is 9.97 Å². The molecule has 0 unspecified atom stereocenters. The molecule has 9 heteroatoms. The van der Waals surface area contributed by atoms with Crippen LogP contribution in [0.1, 0.15) is 17.4 Å². The van der Waals surface area contributed by atoms with Crippen molar-refractivity contribution in [1.29, 1.82) is 0 Å². The van der Waals surface area contributed by atoms with E-state index in [4.69, 9.17) is 10.5 Å². The van der Waals surface area contributed by atoms with Crippen LogP contribution in [0.25, 0.3) is 11.4 Å². The Morgan fingerprint density at radius 2 is 1.62 bits per heavy atom. The van der Waals surface area contributed by atoms with E-state index in [1.165, 1.54) is 24.4 Å². The zero-order chi connectivity index (χ0) is 21.0. The number of carbonyl (C=O) groups excluding carboxylic acids is 1. The van der Waals surface area contributed by atoms with E-state index in [2.05, 4.69) is 9.97 Å². The molecule has 3 rings (SSSR count). The number of ether oxygens (including phenoxy) is 1. The summed E-state index contributed by atoms with van der Waals surface area (Å²) in [6.45, 7) is -0.309. The molecule has 0 aliphatic rings. The van der Waals surface area contributed by atoms with Gasteiger partial charge in [-0.15, -0.1) is 0 Å². The van der Waals surface area contributed by atoms with Crippen molar-refractivity contribution in [3.05, 3.63) is 72.1 Å². The molecule has 150 valence electrons. The number of Topliss-reactive ketones (excluding diaryl/α,β-unsaturated/α-hetero) is 1. The number of alkyl halides is 3. The van der Waals surface area contributed by atoms with Gasteiger partial charge >= 0.3 is 6.18 Å². The van der Waals surface area contributed by atoms with Crippen molar-refractivity contribution in [1.82, 2.24) is 9.97 Å². The number of aromatic nitrogens is 2. The van der Waals surface area contributed by atoms with Crippen LogP contribution in [0, 0.1) is 0 Å². The Kier molecular flexibility index (Phi) is 5.90. The van der Waals surface area contributed by atoms with Gasteiger partial charge in [0.2, 0.25) is 0 Å². The molecule has 3 aromatic rings. The van der Waals surface area contributed by atoms with E-state index in [1.807, 2.05) is 0 Å². The number of halogens is 3. The summed E-state index contributed by atoms with van der Waals surface area (Å²) in [7, 11) is 0. The van der Waals surface area contributed by atoms with Crippen molar-refractivity contribution in [3.63, 3.8) is 0 Å². The second-order valence-electron chi connectivity index (χ2n) is 6.03. The first kappa shape index (κ1) is 20.4. The molecule has 29 heavy (non-hydrogen) atoms. The van der Waals surface area contributed by atoms with Crippen LogP contribution < -0.4 is 10.5 Å². The normalized spacial score (nSPS) is 12.4. The van der Waals surface area contributed by atoms with Crippen LogP contribution in [-0.4, -0.2) is 27.4 Å². The van der Waals surface area contributed by atoms with Gasteiger partial charge in [-0.1, -0.05) is 0 Å². The fraction of sp³-hybridized carbons (Fsp3) is 0.150. The van der Waals surface area contributed by atoms with Gasteiger partial charge in [-0.05, 0) is 54.6 Å². The number of aliphatic hydroxyl groups is 1. The van der Waals surface area contributed by atoms with Crippen LogP contribution in [-0.2, 0) is 11.0 Å². The van der Waals surface area contributed by atoms with Gasteiger partial charge in [0.25, 0.3) is 0 Å². The quantitative estimate of drug-likeness (QED) is 0.654. The lowest BCUT2D eigenvalue weighted by molar-refractivity contribution is -0.137. The fourth-order valence-electron chi connectivity index (χ4n) is 2.46. The van der Waals surface area contributed by atoms with Gasteiger partial charge in [0.15, 0.2) is 17.7 Å². The topological polar surface area (TPSA) is 98.3 Å². The van der Waals surface area contributed by atoms with Crippen LogP contribution in [0.3, 0.4) is 0 Å². The van der Waals surface area contributed by atoms with E-state index in [9.17, 15) is 23.1 Å². The molecule has 0 aliphatic carbocycles. The average Bonchev–Trinajstić information content (AvgIpc) is 2.73. The van der Waals surface area contributed by atoms with Gasteiger partial charge in [0, 0.05) is 11.8 Å². The van der Waals surface area contributed by atoms with E-state index in [-0.39, 0.29) is 23.8 Å². The highest BCUT2D eigenvalue weighted by atomic mass is 19.4. The Bertz CT molecular complexity index is 990. The summed E-state index contributed by atoms with van der Waals surface area (Å²) < 4.78 is 43.3. The first-order valence-electron chi connectivity index (χ1n) is 8.47. The van der Waals surface area contributed by atoms with Crippen LogP contribution in [0.5, 0.6) is 11.5 Å². The number of hydrogen-bond acceptors (Lipinski definition) is 6. The molecule has 0 fully saturated rings. The van der Waals surface area contributed by atoms with Crippen LogP contribution in [0.4, 0.5) is 13.2 Å². The predicted molar refractivity (Wildman–Crippen MR) is 98.0 cm³/mol. The molecule has 1 atom stereocenters. The standard InChI is InChI=1S/C20H16F3N3O3/c21-20(22,23)13-3-7-15(8-4-13)29-14-5-1-12(2-6-14)19-25-10-9-16(26-19)18(28)17(27)11-24/h1-10,18,28H,11,24H2/t18-/m1/s1. The second-order valence-corrected chi connectivity index (χ2v) is 6.03. The van der Waals surface area contributed by atoms with Crippen molar-refractivity contribution < 1.29 is 27.8 Å². The van der Waals surface area contributed by atoms with Crippen molar-refractivity contribution >= 4 is 5.78 Å². The minimum Gasteiger partial charge on any atom is -0.457 e. The maximum atomic E-state index is 12.6. The third kappa shape index (κ3) is 4.95. The largest absolute Gasteiger partial charge is 0.457 e. The monoisotopic (exact) mass is 403 g/mol. The van der Waals surface area contributed by atoms with Gasteiger partial charge in [0.1, 0.15) is 11.5 Å². The van der Waals surface area contributed by atoms with Gasteiger partial charge < -0.3 is 15.6 Å². The van der Waals surface area contributed by atoms with Gasteiger partial charge in [0.05, 0.1) is 17.8 Å². The number of hydrogen-bond donors (Lipinski definition) is 2. The predicted octanol–water partition coefficient (Wildman–Crippen LogP) is 3.52. The van der Waals surface area contributed by atoms with Crippen molar-refractivity contribution in [2.45, 2.75) is 12.3 Å². The van der Waals surface area contributed by atoms with E-state index in [0.29, 0.717) is 11.3 Å². The first-order valence-corrected chi connectivity index (χ1v) is 8.47. The molecular weight excluding hydrogens is 387 g/mol. The first-order chi connectivity index (χ1) is 13.8. The maximum Gasteiger partial charge on any atom is 0.416 e. The maximum absolute atomic E-state index is 12.6. The Labute approximate surface area is 163 Å². The molecule has 0 bridgehead atoms. The number of rotatable bonds is 6. The number of nitrogens with zero attached hydrogens (tertiary/aromatic N) is 2. The SMILES string of the molecule is NCC(=O)[C@H](O)c1ccnc(-c2ccc(Oc3ccc(C(F)(F)F)cc3)cc2)n1. The highest BCUT2D eigenvalue weighted by Crippen LogP contribution is 2.31. The smallest absolute Gasteiger partial charge is 0.416 e. The third-order valence-corrected chi connectivity index (χ3v) is 3.99. The molecule has 0 radical (unpaired) electrons. The average molecular weight is 403 g/mol. The Balaban J connectivity index is 1.74. The lowest BCUT2D eigenvalue weighted by Gasteiger charge is -2.10. The van der Waals surface area contributed by atoms with Crippen LogP contribution >= 0.6 is 0 Å². The molecular formula is C20H16F3N3O3. The number of aliphatic hydroxyl groups excluding tert-OH is 1. The van der Waals surface area contributed by atoms with Crippen LogP contribution in [0.15, 0.2) is 60.8 Å². The zero-order valence-electron chi connectivity index (χ0n) is 14.9. The minimum absolute atomic E-state index is 0.135. The molecule has 1 aromatic heterocycles. The summed E-state index contributed by atoms with van der Waals surface area (Å²) in [5.41, 5.74) is 5.22. The number of carbonyl (C=O) groups is 1. The van der Waals surface area contributed by atoms with E-state index in [0.717, 1.165) is 12.1 Å². The van der Waals surface area contributed by atoms with Gasteiger partial charge in [-0.2, -0.15) is 13.2 Å². The summed E-state index contributed by atoms with van der Waals surface area (Å²) in [4.78, 5) is 19.8. The van der Waals surface area contributed by atoms with Crippen molar-refractivity contribution in [3.8, 4) is 22.9 Å². The fourth-order valence-corrected chi connectivity index (χ4v) is 2.46. The van der Waals surface area contributed by atoms with Crippen molar-refractivity contribution in [2.75, 3.05) is 6.54 Å². The number of benzene rings is 2. The minimum atomic E-state index is -4.41. The Hall–Kier alpha value is -3.30. The molecule has 0 amide bonds. The summed E-state index contributed by atoms with van der Waals surface area (Å²) in [6.07, 6.45) is -4.42. The zero-order valence-corrected chi connectivity index (χ0v) is 14.9. The van der Waals surface area contributed by atoms with E-state index < -0.39 is 23.6 Å². The third-order valence-electron chi connectivity index (χ3n) is 3.99. The highest BCUT2D eigenvalue weighted by molar-refractivity contribution is 5.85. The molecule has 2 aromatic carbocycles. The Morgan fingerprint density at radius 3 is 2.17 bits per heavy atom. The molecule has 3 N–H and O–H groups in total.